The van der Waals surface area contributed by atoms with Gasteiger partial charge >= 0.3 is 0 Å². The molecule has 2 saturated carbocycles. The van der Waals surface area contributed by atoms with E-state index in [-0.39, 0.29) is 5.41 Å². The van der Waals surface area contributed by atoms with E-state index in [0.29, 0.717) is 0 Å². The number of rotatable bonds is 1. The van der Waals surface area contributed by atoms with Gasteiger partial charge in [-0.1, -0.05) is 72.2 Å². The minimum Gasteiger partial charge on any atom is -0.456 e. The molecule has 3 aliphatic rings. The van der Waals surface area contributed by atoms with Crippen LogP contribution in [0.4, 0.5) is 0 Å². The maximum Gasteiger partial charge on any atom is 0.136 e. The molecule has 1 aromatic heterocycles. The molecule has 2 bridgehead atoms. The summed E-state index contributed by atoms with van der Waals surface area (Å²) < 4.78 is 7.32. The fourth-order valence-electron chi connectivity index (χ4n) is 8.75. The average Bonchev–Trinajstić information content (AvgIpc) is 3.38. The van der Waals surface area contributed by atoms with E-state index in [1.54, 1.807) is 11.1 Å². The van der Waals surface area contributed by atoms with Gasteiger partial charge < -0.3 is 4.42 Å². The van der Waals surface area contributed by atoms with E-state index in [0.717, 1.165) is 39.3 Å². The van der Waals surface area contributed by atoms with E-state index >= 15 is 0 Å². The van der Waals surface area contributed by atoms with Crippen molar-refractivity contribution in [2.24, 2.45) is 23.7 Å². The highest BCUT2D eigenvalue weighted by atomic mass is 79.9. The molecule has 0 amide bonds. The Hall–Kier alpha value is -2.84. The van der Waals surface area contributed by atoms with Crippen LogP contribution in [0.15, 0.2) is 87.8 Å². The lowest BCUT2D eigenvalue weighted by Crippen LogP contribution is -2.51. The summed E-state index contributed by atoms with van der Waals surface area (Å²) in [6.45, 7) is 4.97. The Bertz CT molecular complexity index is 1680. The molecule has 1 heterocycles. The number of furan rings is 1. The highest BCUT2D eigenvalue weighted by molar-refractivity contribution is 9.10. The predicted octanol–water partition coefficient (Wildman–Crippen LogP) is 10.4. The van der Waals surface area contributed by atoms with Gasteiger partial charge in [-0.05, 0) is 119 Å². The van der Waals surface area contributed by atoms with Gasteiger partial charge in [-0.15, -0.1) is 0 Å². The third kappa shape index (κ3) is 3.03. The minimum absolute atomic E-state index is 0.194. The smallest absolute Gasteiger partial charge is 0.136 e. The van der Waals surface area contributed by atoms with Crippen molar-refractivity contribution in [1.29, 1.82) is 0 Å². The van der Waals surface area contributed by atoms with Crippen molar-refractivity contribution in [3.63, 3.8) is 0 Å². The summed E-state index contributed by atoms with van der Waals surface area (Å²) >= 11 is 3.58. The van der Waals surface area contributed by atoms with Crippen molar-refractivity contribution in [3.05, 3.63) is 94.5 Å². The molecule has 5 aromatic rings. The summed E-state index contributed by atoms with van der Waals surface area (Å²) in [7, 11) is 0. The van der Waals surface area contributed by atoms with Gasteiger partial charge in [0.15, 0.2) is 0 Å². The molecule has 37 heavy (non-hydrogen) atoms. The van der Waals surface area contributed by atoms with E-state index in [1.165, 1.54) is 58.7 Å². The number of fused-ring (bicyclic) bond motifs is 6. The van der Waals surface area contributed by atoms with Gasteiger partial charge in [0.1, 0.15) is 11.2 Å². The van der Waals surface area contributed by atoms with Crippen LogP contribution >= 0.6 is 15.9 Å². The highest BCUT2D eigenvalue weighted by Crippen LogP contribution is 2.66. The van der Waals surface area contributed by atoms with Crippen LogP contribution in [0.25, 0.3) is 44.2 Å². The molecule has 0 saturated heterocycles. The number of halogens is 1. The van der Waals surface area contributed by atoms with Crippen LogP contribution in [-0.4, -0.2) is 0 Å². The molecule has 0 unspecified atom stereocenters. The second-order valence-corrected chi connectivity index (χ2v) is 13.1. The molecular formula is C35H31BrO. The maximum absolute atomic E-state index is 6.27. The zero-order chi connectivity index (χ0) is 24.9. The fraction of sp³-hybridized carbons (Fsp3) is 0.314. The van der Waals surface area contributed by atoms with Crippen molar-refractivity contribution >= 4 is 37.9 Å². The first-order valence-corrected chi connectivity index (χ1v) is 14.7. The standard InChI is InChI=1S/C35H31BrO/c1-20-13-24-15-21(2)16-25(14-20)35(24)31-6-4-3-5-27(31)30-17-22(8-12-32(30)35)23-7-10-28-29-11-9-26(36)19-34(29)37-33(28)18-23/h3-12,17-21,24-25H,13-16H2,1-2H3. The van der Waals surface area contributed by atoms with Crippen LogP contribution in [0.3, 0.4) is 0 Å². The van der Waals surface area contributed by atoms with Crippen molar-refractivity contribution in [2.45, 2.75) is 44.9 Å². The van der Waals surface area contributed by atoms with Gasteiger partial charge in [0.25, 0.3) is 0 Å². The number of benzene rings is 4. The summed E-state index contributed by atoms with van der Waals surface area (Å²) in [5.74, 6) is 3.15. The third-order valence-electron chi connectivity index (χ3n) is 9.93. The van der Waals surface area contributed by atoms with Gasteiger partial charge in [-0.2, -0.15) is 0 Å². The molecule has 0 N–H and O–H groups in total. The predicted molar refractivity (Wildman–Crippen MR) is 157 cm³/mol. The second-order valence-electron chi connectivity index (χ2n) is 12.2. The van der Waals surface area contributed by atoms with Crippen LogP contribution in [0.1, 0.15) is 50.7 Å². The average molecular weight is 548 g/mol. The van der Waals surface area contributed by atoms with Gasteiger partial charge in [0, 0.05) is 20.7 Å². The minimum atomic E-state index is 0.194. The van der Waals surface area contributed by atoms with Crippen molar-refractivity contribution in [1.82, 2.24) is 0 Å². The summed E-state index contributed by atoms with van der Waals surface area (Å²) in [5.41, 5.74) is 10.7. The third-order valence-corrected chi connectivity index (χ3v) is 10.4. The fourth-order valence-corrected chi connectivity index (χ4v) is 9.09. The first kappa shape index (κ1) is 22.2. The lowest BCUT2D eigenvalue weighted by atomic mass is 9.48. The van der Waals surface area contributed by atoms with E-state index in [4.69, 9.17) is 4.42 Å². The zero-order valence-electron chi connectivity index (χ0n) is 21.4. The molecule has 1 nitrogen and oxygen atoms in total. The van der Waals surface area contributed by atoms with Gasteiger partial charge in [0.2, 0.25) is 0 Å². The molecule has 184 valence electrons. The Morgan fingerprint density at radius 1 is 0.649 bits per heavy atom. The maximum atomic E-state index is 6.27. The van der Waals surface area contributed by atoms with Gasteiger partial charge in [0.05, 0.1) is 0 Å². The van der Waals surface area contributed by atoms with Crippen molar-refractivity contribution in [2.75, 3.05) is 0 Å². The molecule has 8 rings (SSSR count). The molecule has 3 aliphatic carbocycles. The Balaban J connectivity index is 1.30. The molecular weight excluding hydrogens is 516 g/mol. The SMILES string of the molecule is CC1CC2CC(C)CC(C1)C21c2ccccc2-c2cc(-c3ccc4c(c3)oc3cc(Br)ccc34)ccc21. The first-order chi connectivity index (χ1) is 18.0. The second kappa shape index (κ2) is 7.84. The van der Waals surface area contributed by atoms with Crippen molar-refractivity contribution < 1.29 is 4.42 Å². The topological polar surface area (TPSA) is 13.1 Å². The molecule has 2 fully saturated rings. The number of hydrogen-bond donors (Lipinski definition) is 0. The Morgan fingerprint density at radius 2 is 1.24 bits per heavy atom. The van der Waals surface area contributed by atoms with Gasteiger partial charge in [-0.3, -0.25) is 0 Å². The lowest BCUT2D eigenvalue weighted by Gasteiger charge is -2.56. The summed E-state index contributed by atoms with van der Waals surface area (Å²) in [6, 6.07) is 29.7. The summed E-state index contributed by atoms with van der Waals surface area (Å²) in [5, 5.41) is 2.34. The molecule has 1 spiro atoms. The zero-order valence-corrected chi connectivity index (χ0v) is 23.0. The largest absolute Gasteiger partial charge is 0.456 e. The van der Waals surface area contributed by atoms with Crippen LogP contribution in [0.2, 0.25) is 0 Å². The summed E-state index contributed by atoms with van der Waals surface area (Å²) in [6.07, 6.45) is 5.43. The molecule has 2 heteroatoms. The lowest BCUT2D eigenvalue weighted by molar-refractivity contribution is 0.0299. The van der Waals surface area contributed by atoms with Crippen LogP contribution in [0, 0.1) is 23.7 Å². The molecule has 4 aromatic carbocycles. The highest BCUT2D eigenvalue weighted by Gasteiger charge is 2.58. The normalized spacial score (nSPS) is 28.1. The van der Waals surface area contributed by atoms with Crippen LogP contribution < -0.4 is 0 Å². The molecule has 0 atom stereocenters. The Kier molecular flexibility index (Phi) is 4.70. The van der Waals surface area contributed by atoms with Crippen molar-refractivity contribution in [3.8, 4) is 22.3 Å². The quantitative estimate of drug-likeness (QED) is 0.204. The first-order valence-electron chi connectivity index (χ1n) is 13.9. The molecule has 0 radical (unpaired) electrons. The summed E-state index contributed by atoms with van der Waals surface area (Å²) in [4.78, 5) is 0. The van der Waals surface area contributed by atoms with Crippen LogP contribution in [-0.2, 0) is 5.41 Å². The van der Waals surface area contributed by atoms with Gasteiger partial charge in [-0.25, -0.2) is 0 Å². The monoisotopic (exact) mass is 546 g/mol. The Morgan fingerprint density at radius 3 is 2.00 bits per heavy atom. The Labute approximate surface area is 227 Å². The van der Waals surface area contributed by atoms with E-state index in [9.17, 15) is 0 Å². The van der Waals surface area contributed by atoms with E-state index in [1.807, 2.05) is 0 Å². The van der Waals surface area contributed by atoms with Crippen LogP contribution in [0.5, 0.6) is 0 Å². The number of hydrogen-bond acceptors (Lipinski definition) is 1. The van der Waals surface area contributed by atoms with E-state index in [2.05, 4.69) is 109 Å². The molecule has 0 aliphatic heterocycles. The van der Waals surface area contributed by atoms with E-state index < -0.39 is 0 Å².